The number of hydrogen-bond acceptors (Lipinski definition) is 4. The first kappa shape index (κ1) is 15.2. The fourth-order valence-electron chi connectivity index (χ4n) is 2.03. The Labute approximate surface area is 116 Å². The van der Waals surface area contributed by atoms with E-state index in [1.807, 2.05) is 0 Å². The molecule has 7 heteroatoms. The van der Waals surface area contributed by atoms with Crippen molar-refractivity contribution in [3.05, 3.63) is 38.9 Å². The summed E-state index contributed by atoms with van der Waals surface area (Å²) in [7, 11) is 0. The molecule has 100 valence electrons. The highest BCUT2D eigenvalue weighted by Gasteiger charge is 2.20. The Morgan fingerprint density at radius 2 is 2.28 bits per heavy atom. The van der Waals surface area contributed by atoms with E-state index in [0.29, 0.717) is 11.6 Å². The maximum Gasteiger partial charge on any atom is 0.270 e. The summed E-state index contributed by atoms with van der Waals surface area (Å²) in [4.78, 5) is 12.3. The maximum absolute atomic E-state index is 10.6. The summed E-state index contributed by atoms with van der Waals surface area (Å²) < 4.78 is 0. The van der Waals surface area contributed by atoms with Crippen LogP contribution in [-0.2, 0) is 6.54 Å². The van der Waals surface area contributed by atoms with Crippen LogP contribution in [0.3, 0.4) is 0 Å². The quantitative estimate of drug-likeness (QED) is 0.684. The van der Waals surface area contributed by atoms with E-state index in [9.17, 15) is 10.1 Å². The fourth-order valence-corrected chi connectivity index (χ4v) is 2.26. The second kappa shape index (κ2) is 6.33. The van der Waals surface area contributed by atoms with Crippen LogP contribution in [0.25, 0.3) is 0 Å². The lowest BCUT2D eigenvalue weighted by Gasteiger charge is -2.15. The van der Waals surface area contributed by atoms with Gasteiger partial charge in [0.1, 0.15) is 0 Å². The molecular weight excluding hydrogens is 277 g/mol. The van der Waals surface area contributed by atoms with Crippen LogP contribution in [-0.4, -0.2) is 29.0 Å². The molecule has 0 aliphatic carbocycles. The molecule has 5 nitrogen and oxygen atoms in total. The van der Waals surface area contributed by atoms with E-state index < -0.39 is 4.92 Å². The number of nitro benzene ring substituents is 1. The summed E-state index contributed by atoms with van der Waals surface area (Å²) in [6.45, 7) is 2.51. The van der Waals surface area contributed by atoms with E-state index >= 15 is 0 Å². The normalized spacial score (nSPS) is 19.6. The van der Waals surface area contributed by atoms with Crippen LogP contribution in [0.15, 0.2) is 18.2 Å². The third kappa shape index (κ3) is 3.55. The molecule has 1 atom stereocenters. The lowest BCUT2D eigenvalue weighted by atomic mass is 10.2. The van der Waals surface area contributed by atoms with Crippen LogP contribution in [0.1, 0.15) is 12.0 Å². The highest BCUT2D eigenvalue weighted by molar-refractivity contribution is 6.31. The fraction of sp³-hybridized carbons (Fsp3) is 0.455. The minimum atomic E-state index is -0.443. The molecular formula is C11H15Cl2N3O2. The van der Waals surface area contributed by atoms with E-state index in [0.717, 1.165) is 25.1 Å². The highest BCUT2D eigenvalue weighted by atomic mass is 35.5. The van der Waals surface area contributed by atoms with Crippen LogP contribution < -0.4 is 5.73 Å². The average molecular weight is 292 g/mol. The van der Waals surface area contributed by atoms with E-state index in [1.54, 1.807) is 6.07 Å². The number of benzene rings is 1. The third-order valence-corrected chi connectivity index (χ3v) is 3.30. The van der Waals surface area contributed by atoms with Crippen molar-refractivity contribution in [2.75, 3.05) is 13.1 Å². The van der Waals surface area contributed by atoms with Crippen LogP contribution in [0.4, 0.5) is 5.69 Å². The van der Waals surface area contributed by atoms with E-state index in [2.05, 4.69) is 4.90 Å². The molecule has 0 spiro atoms. The minimum absolute atomic E-state index is 0. The first-order valence-electron chi connectivity index (χ1n) is 5.47. The number of nitrogens with zero attached hydrogens (tertiary/aromatic N) is 2. The van der Waals surface area contributed by atoms with Gasteiger partial charge in [-0.25, -0.2) is 0 Å². The summed E-state index contributed by atoms with van der Waals surface area (Å²) in [5.41, 5.74) is 6.75. The van der Waals surface area contributed by atoms with Crippen LogP contribution in [0, 0.1) is 10.1 Å². The van der Waals surface area contributed by atoms with Gasteiger partial charge in [0, 0.05) is 37.8 Å². The maximum atomic E-state index is 10.6. The zero-order valence-electron chi connectivity index (χ0n) is 9.71. The Kier molecular flexibility index (Phi) is 5.34. The summed E-state index contributed by atoms with van der Waals surface area (Å²) >= 11 is 6.03. The Bertz CT molecular complexity index is 442. The van der Waals surface area contributed by atoms with Crippen molar-refractivity contribution in [3.63, 3.8) is 0 Å². The molecule has 1 aliphatic rings. The van der Waals surface area contributed by atoms with E-state index in [-0.39, 0.29) is 24.1 Å². The van der Waals surface area contributed by atoms with E-state index in [1.165, 1.54) is 12.1 Å². The molecule has 0 bridgehead atoms. The summed E-state index contributed by atoms with van der Waals surface area (Å²) in [6, 6.07) is 4.82. The van der Waals surface area contributed by atoms with Gasteiger partial charge >= 0.3 is 0 Å². The predicted octanol–water partition coefficient (Wildman–Crippen LogP) is 2.20. The zero-order valence-corrected chi connectivity index (χ0v) is 11.3. The number of halogens is 2. The number of nitro groups is 1. The number of hydrogen-bond donors (Lipinski definition) is 1. The Hall–Kier alpha value is -0.880. The first-order chi connectivity index (χ1) is 8.06. The second-order valence-electron chi connectivity index (χ2n) is 4.32. The Morgan fingerprint density at radius 3 is 2.78 bits per heavy atom. The first-order valence-corrected chi connectivity index (χ1v) is 5.85. The number of likely N-dealkylation sites (tertiary alicyclic amines) is 1. The van der Waals surface area contributed by atoms with Gasteiger partial charge in [-0.3, -0.25) is 15.0 Å². The summed E-state index contributed by atoms with van der Waals surface area (Å²) in [6.07, 6.45) is 0.991. The highest BCUT2D eigenvalue weighted by Crippen LogP contribution is 2.24. The Balaban J connectivity index is 0.00000162. The van der Waals surface area contributed by atoms with Gasteiger partial charge in [-0.15, -0.1) is 12.4 Å². The van der Waals surface area contributed by atoms with Gasteiger partial charge in [0.15, 0.2) is 0 Å². The summed E-state index contributed by atoms with van der Waals surface area (Å²) in [5, 5.41) is 11.0. The van der Waals surface area contributed by atoms with Crippen molar-refractivity contribution in [1.29, 1.82) is 0 Å². The smallest absolute Gasteiger partial charge is 0.270 e. The molecule has 1 aliphatic heterocycles. The van der Waals surface area contributed by atoms with Crippen LogP contribution in [0.5, 0.6) is 0 Å². The molecule has 0 saturated carbocycles. The van der Waals surface area contributed by atoms with E-state index in [4.69, 9.17) is 17.3 Å². The minimum Gasteiger partial charge on any atom is -0.326 e. The van der Waals surface area contributed by atoms with Gasteiger partial charge in [-0.1, -0.05) is 11.6 Å². The number of nitrogens with two attached hydrogens (primary N) is 1. The van der Waals surface area contributed by atoms with Crippen molar-refractivity contribution < 1.29 is 4.92 Å². The van der Waals surface area contributed by atoms with Crippen molar-refractivity contribution in [3.8, 4) is 0 Å². The molecule has 1 heterocycles. The average Bonchev–Trinajstić information content (AvgIpc) is 2.67. The molecule has 18 heavy (non-hydrogen) atoms. The molecule has 1 aromatic carbocycles. The van der Waals surface area contributed by atoms with Gasteiger partial charge in [0.25, 0.3) is 5.69 Å². The molecule has 1 saturated heterocycles. The predicted molar refractivity (Wildman–Crippen MR) is 73.2 cm³/mol. The molecule has 0 aromatic heterocycles. The van der Waals surface area contributed by atoms with Gasteiger partial charge < -0.3 is 5.73 Å². The van der Waals surface area contributed by atoms with Gasteiger partial charge in [-0.05, 0) is 18.1 Å². The molecule has 1 aromatic rings. The number of rotatable bonds is 3. The van der Waals surface area contributed by atoms with Crippen LogP contribution in [0.2, 0.25) is 5.02 Å². The lowest BCUT2D eigenvalue weighted by Crippen LogP contribution is -2.26. The zero-order chi connectivity index (χ0) is 12.4. The van der Waals surface area contributed by atoms with Gasteiger partial charge in [0.2, 0.25) is 0 Å². The third-order valence-electron chi connectivity index (χ3n) is 2.95. The van der Waals surface area contributed by atoms with Crippen molar-refractivity contribution in [1.82, 2.24) is 4.90 Å². The molecule has 0 unspecified atom stereocenters. The molecule has 0 amide bonds. The van der Waals surface area contributed by atoms with Crippen LogP contribution >= 0.6 is 24.0 Å². The second-order valence-corrected chi connectivity index (χ2v) is 4.72. The number of non-ortho nitro benzene ring substituents is 1. The Morgan fingerprint density at radius 1 is 1.56 bits per heavy atom. The standard InChI is InChI=1S/C11H14ClN3O2.ClH/c12-11-5-10(15(16)17)2-1-8(11)6-14-4-3-9(13)7-14;/h1-2,5,9H,3-4,6-7,13H2;1H/t9-;/m0./s1. The van der Waals surface area contributed by atoms with Crippen molar-refractivity contribution >= 4 is 29.7 Å². The van der Waals surface area contributed by atoms with Gasteiger partial charge in [-0.2, -0.15) is 0 Å². The lowest BCUT2D eigenvalue weighted by molar-refractivity contribution is -0.384. The molecule has 1 fully saturated rings. The molecule has 0 radical (unpaired) electrons. The largest absolute Gasteiger partial charge is 0.326 e. The monoisotopic (exact) mass is 291 g/mol. The van der Waals surface area contributed by atoms with Crippen molar-refractivity contribution in [2.24, 2.45) is 5.73 Å². The molecule has 2 rings (SSSR count). The summed E-state index contributed by atoms with van der Waals surface area (Å²) in [5.74, 6) is 0. The SMILES string of the molecule is Cl.N[C@H]1CCN(Cc2ccc([N+](=O)[O-])cc2Cl)C1. The topological polar surface area (TPSA) is 72.4 Å². The van der Waals surface area contributed by atoms with Crippen molar-refractivity contribution in [2.45, 2.75) is 19.0 Å². The molecule has 2 N–H and O–H groups in total. The van der Waals surface area contributed by atoms with Gasteiger partial charge in [0.05, 0.1) is 9.95 Å².